The summed E-state index contributed by atoms with van der Waals surface area (Å²) in [5.74, 6) is -0.269. The molecule has 7 atom stereocenters. The lowest BCUT2D eigenvalue weighted by atomic mass is 9.82. The highest BCUT2D eigenvalue weighted by molar-refractivity contribution is 5.94. The number of hydrogen-bond donors (Lipinski definition) is 3. The van der Waals surface area contributed by atoms with E-state index in [4.69, 9.17) is 14.2 Å². The Labute approximate surface area is 183 Å². The predicted octanol–water partition coefficient (Wildman–Crippen LogP) is 1.66. The number of esters is 1. The highest BCUT2D eigenvalue weighted by atomic mass is 16.7. The van der Waals surface area contributed by atoms with E-state index in [1.807, 2.05) is 13.0 Å². The number of carbonyl (C=O) groups excluding carboxylic acids is 2. The van der Waals surface area contributed by atoms with Gasteiger partial charge in [-0.25, -0.2) is 0 Å². The summed E-state index contributed by atoms with van der Waals surface area (Å²) < 4.78 is 16.8. The van der Waals surface area contributed by atoms with Gasteiger partial charge in [0.05, 0.1) is 6.10 Å². The van der Waals surface area contributed by atoms with E-state index in [2.05, 4.69) is 20.4 Å². The van der Waals surface area contributed by atoms with Crippen molar-refractivity contribution < 1.29 is 39.1 Å². The second-order valence-electron chi connectivity index (χ2n) is 8.90. The minimum absolute atomic E-state index is 0.00399. The van der Waals surface area contributed by atoms with Crippen LogP contribution in [0.3, 0.4) is 0 Å². The first-order valence-corrected chi connectivity index (χ1v) is 10.9. The number of aliphatic hydroxyl groups is 3. The van der Waals surface area contributed by atoms with Gasteiger partial charge in [-0.2, -0.15) is 0 Å². The molecule has 1 saturated heterocycles. The zero-order chi connectivity index (χ0) is 23.3. The molecular formula is C23H36O8. The lowest BCUT2D eigenvalue weighted by molar-refractivity contribution is -0.312. The number of aliphatic hydroxyl groups excluding tert-OH is 3. The van der Waals surface area contributed by atoms with E-state index in [9.17, 15) is 24.9 Å². The number of ether oxygens (including phenoxy) is 3. The number of carbonyl (C=O) groups is 2. The molecule has 1 fully saturated rings. The number of rotatable bonds is 5. The highest BCUT2D eigenvalue weighted by Gasteiger charge is 2.46. The van der Waals surface area contributed by atoms with Gasteiger partial charge < -0.3 is 29.5 Å². The molecule has 0 aromatic heterocycles. The topological polar surface area (TPSA) is 123 Å². The molecule has 0 aromatic rings. The first-order valence-electron chi connectivity index (χ1n) is 10.9. The van der Waals surface area contributed by atoms with E-state index in [1.54, 1.807) is 0 Å². The molecule has 176 valence electrons. The van der Waals surface area contributed by atoms with Crippen molar-refractivity contribution in [3.63, 3.8) is 0 Å². The lowest BCUT2D eigenvalue weighted by Crippen LogP contribution is -2.60. The highest BCUT2D eigenvalue weighted by Crippen LogP contribution is 2.32. The van der Waals surface area contributed by atoms with Gasteiger partial charge in [-0.1, -0.05) is 32.1 Å². The average molecular weight is 441 g/mol. The van der Waals surface area contributed by atoms with E-state index in [0.717, 1.165) is 5.57 Å². The molecule has 0 aromatic carbocycles. The minimum atomic E-state index is -1.51. The molecule has 2 rings (SSSR count). The van der Waals surface area contributed by atoms with Crippen LogP contribution in [0.4, 0.5) is 0 Å². The van der Waals surface area contributed by atoms with Crippen molar-refractivity contribution in [2.24, 2.45) is 11.8 Å². The number of Topliss-reactive ketones (excluding diaryl/α,β-unsaturated/α-hetero) is 1. The van der Waals surface area contributed by atoms with Crippen molar-refractivity contribution in [2.45, 2.75) is 90.2 Å². The van der Waals surface area contributed by atoms with Crippen molar-refractivity contribution in [1.82, 2.24) is 0 Å². The molecule has 0 spiro atoms. The fraction of sp³-hybridized carbons (Fsp3) is 0.739. The Balaban J connectivity index is 2.25. The largest absolute Gasteiger partial charge is 0.463 e. The van der Waals surface area contributed by atoms with Crippen molar-refractivity contribution >= 4 is 11.8 Å². The van der Waals surface area contributed by atoms with Crippen molar-refractivity contribution in [2.75, 3.05) is 6.61 Å². The van der Waals surface area contributed by atoms with Crippen LogP contribution in [0.25, 0.3) is 0 Å². The summed E-state index contributed by atoms with van der Waals surface area (Å²) in [6.07, 6.45) is -2.99. The normalized spacial score (nSPS) is 37.3. The smallest absolute Gasteiger partial charge is 0.302 e. The number of ketones is 1. The molecule has 3 N–H and O–H groups in total. The van der Waals surface area contributed by atoms with Gasteiger partial charge >= 0.3 is 5.97 Å². The summed E-state index contributed by atoms with van der Waals surface area (Å²) in [6, 6.07) is 0. The van der Waals surface area contributed by atoms with E-state index in [0.29, 0.717) is 31.3 Å². The molecule has 0 radical (unpaired) electrons. The van der Waals surface area contributed by atoms with Gasteiger partial charge in [0.25, 0.3) is 0 Å². The van der Waals surface area contributed by atoms with Gasteiger partial charge in [0.15, 0.2) is 12.1 Å². The molecular weight excluding hydrogens is 404 g/mol. The first kappa shape index (κ1) is 25.7. The summed E-state index contributed by atoms with van der Waals surface area (Å²) >= 11 is 0. The number of allylic oxidation sites excluding steroid dienone is 2. The van der Waals surface area contributed by atoms with Crippen LogP contribution in [0.15, 0.2) is 23.8 Å². The lowest BCUT2D eigenvalue weighted by Gasteiger charge is -2.42. The quantitative estimate of drug-likeness (QED) is 0.335. The maximum absolute atomic E-state index is 12.2. The van der Waals surface area contributed by atoms with Gasteiger partial charge in [-0.3, -0.25) is 9.59 Å². The number of hydrogen-bond acceptors (Lipinski definition) is 8. The first-order chi connectivity index (χ1) is 14.5. The Hall–Kier alpha value is -1.58. The minimum Gasteiger partial charge on any atom is -0.463 e. The molecule has 8 heteroatoms. The molecule has 31 heavy (non-hydrogen) atoms. The van der Waals surface area contributed by atoms with E-state index in [-0.39, 0.29) is 24.2 Å². The summed E-state index contributed by atoms with van der Waals surface area (Å²) in [5, 5.41) is 31.0. The standard InChI is InChI=1S/C23H36O8/c1-12(2)16-8-7-14(4)17(25)9-6-13(3)10-18(16)30-23-22(28)21(27)20(26)19(31-23)11-29-15(5)24/h10,12,16,18-23,26-28H,4,6-9,11H2,1-3,5H3/b13-10+/t16-,18-,19+,20-,21-,22-,23+/m1/s1. The van der Waals surface area contributed by atoms with Crippen LogP contribution in [0.2, 0.25) is 0 Å². The van der Waals surface area contributed by atoms with Crippen LogP contribution in [0, 0.1) is 11.8 Å². The van der Waals surface area contributed by atoms with Crippen LogP contribution in [0.5, 0.6) is 0 Å². The molecule has 1 heterocycles. The second kappa shape index (κ2) is 11.3. The SMILES string of the molecule is C=C1CC[C@H](C(C)C)[C@H](O[C@H]2O[C@@H](COC(C)=O)[C@@H](O)[C@@H](O)[C@H]2O)/C=C(\C)CCC1=O. The molecule has 0 saturated carbocycles. The predicted molar refractivity (Wildman–Crippen MR) is 113 cm³/mol. The van der Waals surface area contributed by atoms with Crippen LogP contribution in [-0.2, 0) is 23.8 Å². The zero-order valence-electron chi connectivity index (χ0n) is 18.8. The van der Waals surface area contributed by atoms with Crippen LogP contribution >= 0.6 is 0 Å². The maximum atomic E-state index is 12.2. The maximum Gasteiger partial charge on any atom is 0.302 e. The molecule has 0 amide bonds. The molecule has 8 nitrogen and oxygen atoms in total. The van der Waals surface area contributed by atoms with Gasteiger partial charge in [0.1, 0.15) is 31.0 Å². The zero-order valence-corrected chi connectivity index (χ0v) is 18.8. The summed E-state index contributed by atoms with van der Waals surface area (Å²) in [5.41, 5.74) is 1.58. The molecule has 1 aliphatic carbocycles. The van der Waals surface area contributed by atoms with E-state index >= 15 is 0 Å². The third kappa shape index (κ3) is 6.95. The molecule has 1 aliphatic heterocycles. The fourth-order valence-corrected chi connectivity index (χ4v) is 3.99. The summed E-state index contributed by atoms with van der Waals surface area (Å²) in [7, 11) is 0. The Kier molecular flexibility index (Phi) is 9.39. The Bertz CT molecular complexity index is 685. The molecule has 0 unspecified atom stereocenters. The summed E-state index contributed by atoms with van der Waals surface area (Å²) in [4.78, 5) is 23.3. The van der Waals surface area contributed by atoms with Crippen molar-refractivity contribution in [3.8, 4) is 0 Å². The van der Waals surface area contributed by atoms with E-state index in [1.165, 1.54) is 6.92 Å². The van der Waals surface area contributed by atoms with Crippen LogP contribution in [0.1, 0.15) is 53.4 Å². The second-order valence-corrected chi connectivity index (χ2v) is 8.90. The monoisotopic (exact) mass is 440 g/mol. The summed E-state index contributed by atoms with van der Waals surface area (Å²) in [6.45, 7) is 10.9. The Morgan fingerprint density at radius 2 is 1.87 bits per heavy atom. The average Bonchev–Trinajstić information content (AvgIpc) is 2.70. The Morgan fingerprint density at radius 1 is 1.19 bits per heavy atom. The van der Waals surface area contributed by atoms with Crippen molar-refractivity contribution in [3.05, 3.63) is 23.8 Å². The van der Waals surface area contributed by atoms with E-state index < -0.39 is 42.8 Å². The molecule has 0 bridgehead atoms. The fourth-order valence-electron chi connectivity index (χ4n) is 3.99. The third-order valence-electron chi connectivity index (χ3n) is 6.06. The third-order valence-corrected chi connectivity index (χ3v) is 6.06. The van der Waals surface area contributed by atoms with Gasteiger partial charge in [-0.05, 0) is 43.6 Å². The Morgan fingerprint density at radius 3 is 2.48 bits per heavy atom. The van der Waals surface area contributed by atoms with Crippen LogP contribution in [-0.4, -0.2) is 70.5 Å². The molecule has 2 aliphatic rings. The van der Waals surface area contributed by atoms with Crippen molar-refractivity contribution in [1.29, 1.82) is 0 Å². The van der Waals surface area contributed by atoms with Gasteiger partial charge in [0.2, 0.25) is 0 Å². The van der Waals surface area contributed by atoms with Gasteiger partial charge in [-0.15, -0.1) is 0 Å². The van der Waals surface area contributed by atoms with Crippen LogP contribution < -0.4 is 0 Å². The van der Waals surface area contributed by atoms with Gasteiger partial charge in [0, 0.05) is 13.3 Å².